The van der Waals surface area contributed by atoms with Crippen molar-refractivity contribution in [2.24, 2.45) is 0 Å². The first-order chi connectivity index (χ1) is 9.23. The molecule has 20 heavy (non-hydrogen) atoms. The van der Waals surface area contributed by atoms with Crippen LogP contribution < -0.4 is 5.73 Å². The Balaban J connectivity index is 2.27. The van der Waals surface area contributed by atoms with E-state index in [4.69, 9.17) is 12.3 Å². The fourth-order valence-electron chi connectivity index (χ4n) is 2.16. The Morgan fingerprint density at radius 3 is 2.60 bits per heavy atom. The largest absolute Gasteiger partial charge is 0.381 e. The second-order valence-corrected chi connectivity index (χ2v) is 8.55. The number of rotatable bonds is 4. The van der Waals surface area contributed by atoms with Gasteiger partial charge in [-0.2, -0.15) is 9.40 Å². The van der Waals surface area contributed by atoms with E-state index in [0.717, 1.165) is 0 Å². The fraction of sp³-hybridized carbons (Fsp3) is 0.636. The SMILES string of the molecule is [C-]#[N+]CC1(n2cc(Br)c(N)n2)CN(S(=O)(=O)C(C)C)C1. The molecule has 1 aliphatic heterocycles. The molecular formula is C11H16BrN5O2S. The molecule has 1 fully saturated rings. The molecule has 2 heterocycles. The molecule has 1 aliphatic rings. The lowest BCUT2D eigenvalue weighted by Gasteiger charge is -2.46. The van der Waals surface area contributed by atoms with Crippen LogP contribution in [-0.4, -0.2) is 47.4 Å². The number of hydrogen-bond acceptors (Lipinski definition) is 4. The second-order valence-electron chi connectivity index (χ2n) is 5.21. The normalized spacial score (nSPS) is 18.8. The number of nitrogens with two attached hydrogens (primary N) is 1. The first-order valence-electron chi connectivity index (χ1n) is 6.06. The molecule has 2 rings (SSSR count). The Hall–Kier alpha value is -1.11. The molecule has 1 saturated heterocycles. The van der Waals surface area contributed by atoms with Crippen molar-refractivity contribution in [2.45, 2.75) is 24.6 Å². The van der Waals surface area contributed by atoms with Gasteiger partial charge >= 0.3 is 0 Å². The van der Waals surface area contributed by atoms with E-state index in [-0.39, 0.29) is 19.6 Å². The molecule has 0 amide bonds. The van der Waals surface area contributed by atoms with E-state index in [0.29, 0.717) is 10.3 Å². The first kappa shape index (κ1) is 15.3. The summed E-state index contributed by atoms with van der Waals surface area (Å²) >= 11 is 3.27. The first-order valence-corrected chi connectivity index (χ1v) is 8.36. The van der Waals surface area contributed by atoms with Crippen molar-refractivity contribution >= 4 is 31.8 Å². The Labute approximate surface area is 126 Å². The van der Waals surface area contributed by atoms with Crippen LogP contribution in [0.15, 0.2) is 10.7 Å². The molecule has 0 aromatic carbocycles. The van der Waals surface area contributed by atoms with Crippen LogP contribution in [0.5, 0.6) is 0 Å². The molecule has 9 heteroatoms. The maximum atomic E-state index is 12.1. The summed E-state index contributed by atoms with van der Waals surface area (Å²) in [5, 5.41) is 3.70. The average Bonchev–Trinajstić information content (AvgIpc) is 2.63. The third-order valence-corrected chi connectivity index (χ3v) is 6.23. The molecule has 0 saturated carbocycles. The minimum atomic E-state index is -3.29. The van der Waals surface area contributed by atoms with E-state index in [1.54, 1.807) is 24.7 Å². The summed E-state index contributed by atoms with van der Waals surface area (Å²) in [7, 11) is -3.29. The van der Waals surface area contributed by atoms with Crippen molar-refractivity contribution in [3.05, 3.63) is 22.1 Å². The maximum Gasteiger partial charge on any atom is 0.242 e. The summed E-state index contributed by atoms with van der Waals surface area (Å²) in [5.74, 6) is 0.333. The van der Waals surface area contributed by atoms with Crippen LogP contribution in [0.4, 0.5) is 5.82 Å². The Morgan fingerprint density at radius 2 is 2.20 bits per heavy atom. The second kappa shape index (κ2) is 5.02. The number of aromatic nitrogens is 2. The van der Waals surface area contributed by atoms with Crippen molar-refractivity contribution in [3.63, 3.8) is 0 Å². The fourth-order valence-corrected chi connectivity index (χ4v) is 3.87. The van der Waals surface area contributed by atoms with Gasteiger partial charge in [0.25, 0.3) is 0 Å². The zero-order chi connectivity index (χ0) is 15.1. The van der Waals surface area contributed by atoms with Gasteiger partial charge in [-0.05, 0) is 29.8 Å². The van der Waals surface area contributed by atoms with Crippen LogP contribution in [0.25, 0.3) is 4.85 Å². The smallest absolute Gasteiger partial charge is 0.242 e. The highest BCUT2D eigenvalue weighted by molar-refractivity contribution is 9.10. The Kier molecular flexibility index (Phi) is 3.83. The van der Waals surface area contributed by atoms with Crippen LogP contribution in [0, 0.1) is 6.57 Å². The van der Waals surface area contributed by atoms with Gasteiger partial charge in [0.05, 0.1) is 9.72 Å². The Morgan fingerprint density at radius 1 is 1.60 bits per heavy atom. The topological polar surface area (TPSA) is 85.6 Å². The number of hydrogen-bond donors (Lipinski definition) is 1. The Bertz CT molecular complexity index is 635. The molecular weight excluding hydrogens is 346 g/mol. The van der Waals surface area contributed by atoms with Crippen LogP contribution in [0.2, 0.25) is 0 Å². The lowest BCUT2D eigenvalue weighted by atomic mass is 9.93. The van der Waals surface area contributed by atoms with Crippen molar-refractivity contribution in [1.82, 2.24) is 14.1 Å². The third-order valence-electron chi connectivity index (χ3n) is 3.45. The molecule has 110 valence electrons. The number of nitrogen functional groups attached to an aromatic ring is 1. The third kappa shape index (κ3) is 2.32. The minimum absolute atomic E-state index is 0.171. The summed E-state index contributed by atoms with van der Waals surface area (Å²) in [6, 6.07) is 0. The molecule has 0 radical (unpaired) electrons. The van der Waals surface area contributed by atoms with Gasteiger partial charge in [-0.25, -0.2) is 15.0 Å². The van der Waals surface area contributed by atoms with Gasteiger partial charge in [0.15, 0.2) is 11.4 Å². The van der Waals surface area contributed by atoms with Gasteiger partial charge in [0.1, 0.15) is 0 Å². The summed E-state index contributed by atoms with van der Waals surface area (Å²) in [6.45, 7) is 11.1. The van der Waals surface area contributed by atoms with Gasteiger partial charge in [0.2, 0.25) is 16.6 Å². The van der Waals surface area contributed by atoms with E-state index < -0.39 is 20.8 Å². The lowest BCUT2D eigenvalue weighted by Crippen LogP contribution is -2.66. The average molecular weight is 362 g/mol. The number of halogens is 1. The predicted molar refractivity (Wildman–Crippen MR) is 79.4 cm³/mol. The molecule has 0 aliphatic carbocycles. The van der Waals surface area contributed by atoms with Crippen LogP contribution >= 0.6 is 15.9 Å². The van der Waals surface area contributed by atoms with Gasteiger partial charge < -0.3 is 10.6 Å². The molecule has 1 aromatic heterocycles. The molecule has 0 spiro atoms. The predicted octanol–water partition coefficient (Wildman–Crippen LogP) is 0.896. The monoisotopic (exact) mass is 361 g/mol. The van der Waals surface area contributed by atoms with Crippen molar-refractivity contribution in [2.75, 3.05) is 25.4 Å². The zero-order valence-corrected chi connectivity index (χ0v) is 13.6. The molecule has 0 atom stereocenters. The lowest BCUT2D eigenvalue weighted by molar-refractivity contribution is 0.0828. The number of anilines is 1. The van der Waals surface area contributed by atoms with Crippen molar-refractivity contribution in [3.8, 4) is 0 Å². The van der Waals surface area contributed by atoms with E-state index in [9.17, 15) is 8.42 Å². The number of sulfonamides is 1. The van der Waals surface area contributed by atoms with Crippen LogP contribution in [0.3, 0.4) is 0 Å². The summed E-state index contributed by atoms with van der Waals surface area (Å²) in [5.41, 5.74) is 5.07. The highest BCUT2D eigenvalue weighted by Crippen LogP contribution is 2.34. The van der Waals surface area contributed by atoms with Crippen LogP contribution in [0.1, 0.15) is 13.8 Å². The van der Waals surface area contributed by atoms with Gasteiger partial charge in [-0.3, -0.25) is 4.68 Å². The highest BCUT2D eigenvalue weighted by atomic mass is 79.9. The summed E-state index contributed by atoms with van der Waals surface area (Å²) in [4.78, 5) is 3.42. The number of nitrogens with zero attached hydrogens (tertiary/aromatic N) is 4. The molecule has 7 nitrogen and oxygen atoms in total. The van der Waals surface area contributed by atoms with E-state index in [1.165, 1.54) is 4.31 Å². The van der Waals surface area contributed by atoms with Crippen molar-refractivity contribution in [1.29, 1.82) is 0 Å². The van der Waals surface area contributed by atoms with E-state index >= 15 is 0 Å². The van der Waals surface area contributed by atoms with Crippen molar-refractivity contribution < 1.29 is 8.42 Å². The quantitative estimate of drug-likeness (QED) is 0.807. The van der Waals surface area contributed by atoms with Gasteiger partial charge in [-0.15, -0.1) is 0 Å². The maximum absolute atomic E-state index is 12.1. The molecule has 2 N–H and O–H groups in total. The molecule has 0 bridgehead atoms. The van der Waals surface area contributed by atoms with Gasteiger partial charge in [-0.1, -0.05) is 0 Å². The van der Waals surface area contributed by atoms with E-state index in [1.807, 2.05) is 0 Å². The highest BCUT2D eigenvalue weighted by Gasteiger charge is 2.53. The minimum Gasteiger partial charge on any atom is -0.381 e. The zero-order valence-electron chi connectivity index (χ0n) is 11.2. The van der Waals surface area contributed by atoms with Crippen LogP contribution in [-0.2, 0) is 15.6 Å². The summed E-state index contributed by atoms with van der Waals surface area (Å²) < 4.78 is 27.8. The standard InChI is InChI=1S/C11H16BrN5O2S/c1-8(2)20(18,19)16-6-11(7-16,5-14-3)17-4-9(12)10(13)15-17/h4,8H,5-7H2,1-2H3,(H2,13,15). The molecule has 0 unspecified atom stereocenters. The van der Waals surface area contributed by atoms with Gasteiger partial charge in [0, 0.05) is 19.3 Å². The van der Waals surface area contributed by atoms with E-state index in [2.05, 4.69) is 25.9 Å². The molecule has 1 aromatic rings. The summed E-state index contributed by atoms with van der Waals surface area (Å²) in [6.07, 6.45) is 1.69.